The summed E-state index contributed by atoms with van der Waals surface area (Å²) in [5, 5.41) is -0.00731. The molecule has 0 fully saturated rings. The van der Waals surface area contributed by atoms with Crippen molar-refractivity contribution in [3.05, 3.63) is 17.3 Å². The first kappa shape index (κ1) is 5.31. The van der Waals surface area contributed by atoms with Crippen molar-refractivity contribution in [2.75, 3.05) is 0 Å². The third kappa shape index (κ3) is 0.869. The number of rotatable bonds is 1. The van der Waals surface area contributed by atoms with E-state index in [1.54, 1.807) is 0 Å². The van der Waals surface area contributed by atoms with E-state index in [9.17, 15) is 4.79 Å². The van der Waals surface area contributed by atoms with Crippen LogP contribution in [0.15, 0.2) is 10.6 Å². The Labute approximate surface area is 50.3 Å². The maximum atomic E-state index is 9.83. The Kier molecular flexibility index (Phi) is 1.30. The number of aromatic nitrogens is 1. The van der Waals surface area contributed by atoms with Gasteiger partial charge in [-0.3, -0.25) is 4.79 Å². The molecule has 8 heavy (non-hydrogen) atoms. The average Bonchev–Trinajstić information content (AvgIpc) is 2.14. The standard InChI is InChI=1S/C4H2ClNO2/c5-4-6-1-3(2-7)8-4/h1-2H. The lowest BCUT2D eigenvalue weighted by Crippen LogP contribution is -1.66. The van der Waals surface area contributed by atoms with Crippen LogP contribution in [0.25, 0.3) is 0 Å². The number of nitrogens with zero attached hydrogens (tertiary/aromatic N) is 1. The molecule has 1 rings (SSSR count). The Balaban J connectivity index is 3.00. The van der Waals surface area contributed by atoms with Crippen molar-refractivity contribution < 1.29 is 9.21 Å². The van der Waals surface area contributed by atoms with Gasteiger partial charge in [-0.2, -0.15) is 0 Å². The molecule has 0 aromatic carbocycles. The van der Waals surface area contributed by atoms with Crippen molar-refractivity contribution in [3.63, 3.8) is 0 Å². The number of oxazole rings is 1. The Morgan fingerprint density at radius 3 is 2.88 bits per heavy atom. The second-order valence-corrected chi connectivity index (χ2v) is 1.46. The summed E-state index contributed by atoms with van der Waals surface area (Å²) in [6.45, 7) is 0. The molecule has 0 saturated heterocycles. The molecule has 0 N–H and O–H groups in total. The molecular formula is C4H2ClNO2. The van der Waals surface area contributed by atoms with Gasteiger partial charge in [0, 0.05) is 0 Å². The third-order valence-corrected chi connectivity index (χ3v) is 0.786. The SMILES string of the molecule is O=Cc1cnc(Cl)o1. The zero-order valence-corrected chi connectivity index (χ0v) is 4.55. The van der Waals surface area contributed by atoms with Gasteiger partial charge in [0.05, 0.1) is 6.20 Å². The van der Waals surface area contributed by atoms with E-state index in [0.717, 1.165) is 0 Å². The smallest absolute Gasteiger partial charge is 0.292 e. The fourth-order valence-corrected chi connectivity index (χ4v) is 0.457. The maximum absolute atomic E-state index is 9.83. The van der Waals surface area contributed by atoms with E-state index in [-0.39, 0.29) is 11.1 Å². The van der Waals surface area contributed by atoms with E-state index in [1.807, 2.05) is 0 Å². The summed E-state index contributed by atoms with van der Waals surface area (Å²) in [6.07, 6.45) is 1.80. The van der Waals surface area contributed by atoms with Crippen molar-refractivity contribution in [2.45, 2.75) is 0 Å². The van der Waals surface area contributed by atoms with E-state index in [4.69, 9.17) is 11.6 Å². The molecule has 0 aliphatic rings. The molecule has 0 unspecified atom stereocenters. The number of hydrogen-bond donors (Lipinski definition) is 0. The van der Waals surface area contributed by atoms with Crippen molar-refractivity contribution in [1.29, 1.82) is 0 Å². The highest BCUT2D eigenvalue weighted by Crippen LogP contribution is 2.05. The largest absolute Gasteiger partial charge is 0.425 e. The van der Waals surface area contributed by atoms with Gasteiger partial charge in [-0.15, -0.1) is 0 Å². The van der Waals surface area contributed by atoms with Gasteiger partial charge in [-0.05, 0) is 11.6 Å². The normalized spacial score (nSPS) is 9.12. The molecule has 42 valence electrons. The predicted octanol–water partition coefficient (Wildman–Crippen LogP) is 1.14. The molecule has 0 saturated carbocycles. The second-order valence-electron chi connectivity index (χ2n) is 1.13. The third-order valence-electron chi connectivity index (χ3n) is 0.612. The summed E-state index contributed by atoms with van der Waals surface area (Å²) in [7, 11) is 0. The topological polar surface area (TPSA) is 43.1 Å². The van der Waals surface area contributed by atoms with Crippen LogP contribution in [0.3, 0.4) is 0 Å². The number of hydrogen-bond acceptors (Lipinski definition) is 3. The van der Waals surface area contributed by atoms with Crippen molar-refractivity contribution in [2.24, 2.45) is 0 Å². The number of halogens is 1. The minimum atomic E-state index is -0.00731. The van der Waals surface area contributed by atoms with Crippen LogP contribution in [0.5, 0.6) is 0 Å². The molecule has 3 nitrogen and oxygen atoms in total. The van der Waals surface area contributed by atoms with Gasteiger partial charge in [-0.25, -0.2) is 4.98 Å². The van der Waals surface area contributed by atoms with Crippen LogP contribution >= 0.6 is 11.6 Å². The Morgan fingerprint density at radius 2 is 2.62 bits per heavy atom. The van der Waals surface area contributed by atoms with E-state index >= 15 is 0 Å². The minimum absolute atomic E-state index is 0.00731. The van der Waals surface area contributed by atoms with Crippen LogP contribution in [0, 0.1) is 0 Å². The van der Waals surface area contributed by atoms with Crippen molar-refractivity contribution in [3.8, 4) is 0 Å². The van der Waals surface area contributed by atoms with Crippen LogP contribution in [0.4, 0.5) is 0 Å². The lowest BCUT2D eigenvalue weighted by molar-refractivity contribution is 0.110. The molecule has 1 heterocycles. The summed E-state index contributed by atoms with van der Waals surface area (Å²) in [4.78, 5) is 13.3. The molecular weight excluding hydrogens is 130 g/mol. The fourth-order valence-electron chi connectivity index (χ4n) is 0.319. The second kappa shape index (κ2) is 1.96. The van der Waals surface area contributed by atoms with Gasteiger partial charge in [0.15, 0.2) is 12.0 Å². The summed E-state index contributed by atoms with van der Waals surface area (Å²) in [5.41, 5.74) is 0. The molecule has 0 bridgehead atoms. The summed E-state index contributed by atoms with van der Waals surface area (Å²) in [5.74, 6) is 0.148. The van der Waals surface area contributed by atoms with Gasteiger partial charge in [0.2, 0.25) is 0 Å². The van der Waals surface area contributed by atoms with E-state index < -0.39 is 0 Å². The number of carbonyl (C=O) groups is 1. The average molecular weight is 132 g/mol. The molecule has 0 radical (unpaired) electrons. The van der Waals surface area contributed by atoms with Crippen molar-refractivity contribution >= 4 is 17.9 Å². The van der Waals surface area contributed by atoms with E-state index in [0.29, 0.717) is 6.29 Å². The first-order valence-corrected chi connectivity index (χ1v) is 2.27. The van der Waals surface area contributed by atoms with Crippen LogP contribution in [-0.2, 0) is 0 Å². The molecule has 1 aromatic heterocycles. The van der Waals surface area contributed by atoms with Crippen LogP contribution < -0.4 is 0 Å². The molecule has 0 amide bonds. The molecule has 0 aliphatic heterocycles. The maximum Gasteiger partial charge on any atom is 0.292 e. The monoisotopic (exact) mass is 131 g/mol. The summed E-state index contributed by atoms with van der Waals surface area (Å²) < 4.78 is 4.52. The summed E-state index contributed by atoms with van der Waals surface area (Å²) >= 11 is 5.20. The number of carbonyl (C=O) groups excluding carboxylic acids is 1. The minimum Gasteiger partial charge on any atom is -0.425 e. The highest BCUT2D eigenvalue weighted by molar-refractivity contribution is 6.27. The molecule has 0 aliphatic carbocycles. The van der Waals surface area contributed by atoms with Crippen molar-refractivity contribution in [1.82, 2.24) is 4.98 Å². The quantitative estimate of drug-likeness (QED) is 0.537. The first-order chi connectivity index (χ1) is 3.83. The first-order valence-electron chi connectivity index (χ1n) is 1.89. The highest BCUT2D eigenvalue weighted by Gasteiger charge is 1.95. The Hall–Kier alpha value is -0.830. The van der Waals surface area contributed by atoms with Crippen LogP contribution in [-0.4, -0.2) is 11.3 Å². The highest BCUT2D eigenvalue weighted by atomic mass is 35.5. The van der Waals surface area contributed by atoms with Crippen LogP contribution in [0.1, 0.15) is 10.6 Å². The predicted molar refractivity (Wildman–Crippen MR) is 26.9 cm³/mol. The number of aldehydes is 1. The zero-order chi connectivity index (χ0) is 5.98. The Morgan fingerprint density at radius 1 is 1.88 bits per heavy atom. The Bertz CT molecular complexity index is 196. The van der Waals surface area contributed by atoms with E-state index in [2.05, 4.69) is 9.40 Å². The van der Waals surface area contributed by atoms with E-state index in [1.165, 1.54) is 6.20 Å². The van der Waals surface area contributed by atoms with Gasteiger partial charge in [0.1, 0.15) is 0 Å². The molecule has 0 atom stereocenters. The summed E-state index contributed by atoms with van der Waals surface area (Å²) in [6, 6.07) is 0. The van der Waals surface area contributed by atoms with Gasteiger partial charge in [0.25, 0.3) is 5.35 Å². The lowest BCUT2D eigenvalue weighted by atomic mass is 10.6. The zero-order valence-electron chi connectivity index (χ0n) is 3.80. The fraction of sp³-hybridized carbons (Fsp3) is 0. The molecule has 0 spiro atoms. The van der Waals surface area contributed by atoms with Gasteiger partial charge >= 0.3 is 0 Å². The molecule has 1 aromatic rings. The van der Waals surface area contributed by atoms with Crippen LogP contribution in [0.2, 0.25) is 5.35 Å². The molecule has 4 heteroatoms. The van der Waals surface area contributed by atoms with Gasteiger partial charge in [-0.1, -0.05) is 0 Å². The van der Waals surface area contributed by atoms with Gasteiger partial charge < -0.3 is 4.42 Å². The lowest BCUT2D eigenvalue weighted by Gasteiger charge is -1.70.